The Morgan fingerprint density at radius 1 is 1.12 bits per heavy atom. The topological polar surface area (TPSA) is 46.6 Å². The smallest absolute Gasteiger partial charge is 0.416 e. The van der Waals surface area contributed by atoms with Crippen LogP contribution in [0.25, 0.3) is 0 Å². The fourth-order valence-corrected chi connectivity index (χ4v) is 3.64. The molecule has 0 heterocycles. The van der Waals surface area contributed by atoms with Crippen LogP contribution in [-0.2, 0) is 16.2 Å². The Balaban J connectivity index is 2.12. The van der Waals surface area contributed by atoms with E-state index < -0.39 is 32.5 Å². The third-order valence-corrected chi connectivity index (χ3v) is 5.77. The predicted molar refractivity (Wildman–Crippen MR) is 88.2 cm³/mol. The van der Waals surface area contributed by atoms with Gasteiger partial charge in [0.05, 0.1) is 10.6 Å². The Bertz CT molecular complexity index is 870. The molecule has 0 radical (unpaired) electrons. The zero-order valence-electron chi connectivity index (χ0n) is 13.4. The molecule has 0 fully saturated rings. The Labute approximate surface area is 153 Å². The van der Waals surface area contributed by atoms with Crippen molar-refractivity contribution in [2.75, 3.05) is 20.2 Å². The van der Waals surface area contributed by atoms with Crippen LogP contribution in [0.3, 0.4) is 0 Å². The van der Waals surface area contributed by atoms with Gasteiger partial charge in [-0.15, -0.1) is 0 Å². The van der Waals surface area contributed by atoms with E-state index in [9.17, 15) is 26.0 Å². The minimum atomic E-state index is -4.70. The summed E-state index contributed by atoms with van der Waals surface area (Å²) in [4.78, 5) is -0.640. The second kappa shape index (κ2) is 7.81. The van der Waals surface area contributed by atoms with Gasteiger partial charge >= 0.3 is 6.18 Å². The molecule has 0 saturated heterocycles. The van der Waals surface area contributed by atoms with Gasteiger partial charge in [-0.2, -0.15) is 17.5 Å². The van der Waals surface area contributed by atoms with Crippen molar-refractivity contribution >= 4 is 21.6 Å². The van der Waals surface area contributed by atoms with Gasteiger partial charge < -0.3 is 4.74 Å². The van der Waals surface area contributed by atoms with E-state index in [4.69, 9.17) is 16.3 Å². The Morgan fingerprint density at radius 3 is 2.31 bits per heavy atom. The number of rotatable bonds is 6. The van der Waals surface area contributed by atoms with Crippen LogP contribution in [0.2, 0.25) is 5.02 Å². The van der Waals surface area contributed by atoms with Crippen molar-refractivity contribution < 1.29 is 30.7 Å². The van der Waals surface area contributed by atoms with Gasteiger partial charge in [0.15, 0.2) is 0 Å². The average molecular weight is 412 g/mol. The molecule has 0 N–H and O–H groups in total. The SMILES string of the molecule is CN(CCOc1ccc(F)cc1)S(=O)(=O)c1cc(C(F)(F)F)ccc1Cl. The second-order valence-electron chi connectivity index (χ2n) is 5.27. The largest absolute Gasteiger partial charge is 0.492 e. The Hall–Kier alpha value is -1.84. The van der Waals surface area contributed by atoms with Crippen molar-refractivity contribution in [1.82, 2.24) is 4.31 Å². The van der Waals surface area contributed by atoms with Gasteiger partial charge in [0.2, 0.25) is 10.0 Å². The monoisotopic (exact) mass is 411 g/mol. The van der Waals surface area contributed by atoms with Crippen LogP contribution in [0.15, 0.2) is 47.4 Å². The zero-order valence-corrected chi connectivity index (χ0v) is 15.0. The lowest BCUT2D eigenvalue weighted by molar-refractivity contribution is -0.137. The molecule has 2 aromatic carbocycles. The van der Waals surface area contributed by atoms with Crippen molar-refractivity contribution in [2.45, 2.75) is 11.1 Å². The van der Waals surface area contributed by atoms with Crippen LogP contribution in [0.1, 0.15) is 5.56 Å². The van der Waals surface area contributed by atoms with Gasteiger partial charge in [0.25, 0.3) is 0 Å². The number of halogens is 5. The minimum absolute atomic E-state index is 0.0854. The van der Waals surface area contributed by atoms with E-state index in [0.29, 0.717) is 17.9 Å². The van der Waals surface area contributed by atoms with Crippen molar-refractivity contribution in [3.8, 4) is 5.75 Å². The van der Waals surface area contributed by atoms with E-state index in [0.717, 1.165) is 10.4 Å². The van der Waals surface area contributed by atoms with E-state index in [1.165, 1.54) is 31.3 Å². The number of nitrogens with zero attached hydrogens (tertiary/aromatic N) is 1. The summed E-state index contributed by atoms with van der Waals surface area (Å²) < 4.78 is 82.3. The van der Waals surface area contributed by atoms with Gasteiger partial charge in [-0.25, -0.2) is 12.8 Å². The average Bonchev–Trinajstić information content (AvgIpc) is 2.55. The standard InChI is InChI=1S/C16H14ClF4NO3S/c1-22(8-9-25-13-5-3-12(18)4-6-13)26(23,24)15-10-11(16(19,20)21)2-7-14(15)17/h2-7,10H,8-9H2,1H3. The maximum Gasteiger partial charge on any atom is 0.416 e. The molecular formula is C16H14ClF4NO3S. The lowest BCUT2D eigenvalue weighted by Gasteiger charge is -2.19. The molecule has 0 bridgehead atoms. The number of likely N-dealkylation sites (N-methyl/N-ethyl adjacent to an activating group) is 1. The van der Waals surface area contributed by atoms with E-state index in [2.05, 4.69) is 0 Å². The minimum Gasteiger partial charge on any atom is -0.492 e. The van der Waals surface area contributed by atoms with Gasteiger partial charge in [-0.3, -0.25) is 0 Å². The first-order valence-electron chi connectivity index (χ1n) is 7.23. The predicted octanol–water partition coefficient (Wildman–Crippen LogP) is 4.20. The van der Waals surface area contributed by atoms with Crippen LogP contribution in [0.4, 0.5) is 17.6 Å². The lowest BCUT2D eigenvalue weighted by atomic mass is 10.2. The number of sulfonamides is 1. The summed E-state index contributed by atoms with van der Waals surface area (Å²) in [6.45, 7) is -0.232. The first-order chi connectivity index (χ1) is 12.0. The normalized spacial score (nSPS) is 12.4. The third kappa shape index (κ3) is 4.87. The van der Waals surface area contributed by atoms with Gasteiger partial charge in [-0.05, 0) is 42.5 Å². The van der Waals surface area contributed by atoms with E-state index >= 15 is 0 Å². The summed E-state index contributed by atoms with van der Waals surface area (Å²) >= 11 is 5.78. The van der Waals surface area contributed by atoms with Crippen molar-refractivity contribution in [3.63, 3.8) is 0 Å². The quantitative estimate of drug-likeness (QED) is 0.669. The van der Waals surface area contributed by atoms with Crippen LogP contribution in [-0.4, -0.2) is 32.9 Å². The molecule has 0 amide bonds. The van der Waals surface area contributed by atoms with E-state index in [1.807, 2.05) is 0 Å². The second-order valence-corrected chi connectivity index (χ2v) is 7.69. The van der Waals surface area contributed by atoms with Gasteiger partial charge in [0, 0.05) is 13.6 Å². The third-order valence-electron chi connectivity index (χ3n) is 3.44. The number of benzene rings is 2. The fourth-order valence-electron chi connectivity index (χ4n) is 1.99. The summed E-state index contributed by atoms with van der Waals surface area (Å²) in [6.07, 6.45) is -4.70. The Morgan fingerprint density at radius 2 is 1.73 bits per heavy atom. The highest BCUT2D eigenvalue weighted by molar-refractivity contribution is 7.89. The Kier molecular flexibility index (Phi) is 6.15. The molecule has 26 heavy (non-hydrogen) atoms. The summed E-state index contributed by atoms with van der Waals surface area (Å²) in [5.74, 6) is -0.120. The molecule has 0 saturated carbocycles. The van der Waals surface area contributed by atoms with Gasteiger partial charge in [-0.1, -0.05) is 11.6 Å². The maximum absolute atomic E-state index is 12.8. The molecule has 0 spiro atoms. The zero-order chi connectivity index (χ0) is 19.5. The molecule has 0 aromatic heterocycles. The number of hydrogen-bond acceptors (Lipinski definition) is 3. The lowest BCUT2D eigenvalue weighted by Crippen LogP contribution is -2.31. The molecule has 4 nitrogen and oxygen atoms in total. The van der Waals surface area contributed by atoms with Crippen molar-refractivity contribution in [2.24, 2.45) is 0 Å². The first kappa shape index (κ1) is 20.5. The molecule has 142 valence electrons. The molecule has 0 aliphatic rings. The van der Waals surface area contributed by atoms with Crippen LogP contribution >= 0.6 is 11.6 Å². The van der Waals surface area contributed by atoms with Crippen molar-refractivity contribution in [1.29, 1.82) is 0 Å². The van der Waals surface area contributed by atoms with Crippen LogP contribution in [0.5, 0.6) is 5.75 Å². The molecule has 2 rings (SSSR count). The van der Waals surface area contributed by atoms with E-state index in [-0.39, 0.29) is 18.2 Å². The van der Waals surface area contributed by atoms with Crippen LogP contribution in [0, 0.1) is 5.82 Å². The summed E-state index contributed by atoms with van der Waals surface area (Å²) in [5, 5.41) is -0.315. The fraction of sp³-hybridized carbons (Fsp3) is 0.250. The maximum atomic E-state index is 12.8. The number of ether oxygens (including phenoxy) is 1. The molecule has 0 aliphatic carbocycles. The summed E-state index contributed by atoms with van der Waals surface area (Å²) in [5.41, 5.74) is -1.11. The first-order valence-corrected chi connectivity index (χ1v) is 9.05. The highest BCUT2D eigenvalue weighted by Crippen LogP contribution is 2.34. The summed E-state index contributed by atoms with van der Waals surface area (Å²) in [7, 11) is -3.06. The molecule has 0 unspecified atom stereocenters. The molecule has 0 atom stereocenters. The van der Waals surface area contributed by atoms with Gasteiger partial charge in [0.1, 0.15) is 23.1 Å². The highest BCUT2D eigenvalue weighted by Gasteiger charge is 2.33. The van der Waals surface area contributed by atoms with Crippen LogP contribution < -0.4 is 4.74 Å². The number of hydrogen-bond donors (Lipinski definition) is 0. The van der Waals surface area contributed by atoms with E-state index in [1.54, 1.807) is 0 Å². The highest BCUT2D eigenvalue weighted by atomic mass is 35.5. The summed E-state index contributed by atoms with van der Waals surface area (Å²) in [6, 6.07) is 7.19. The molecule has 0 aliphatic heterocycles. The molecule has 2 aromatic rings. The van der Waals surface area contributed by atoms with Crippen molar-refractivity contribution in [3.05, 3.63) is 58.9 Å². The molecular weight excluding hydrogens is 398 g/mol. The number of alkyl halides is 3. The molecule has 10 heteroatoms.